The van der Waals surface area contributed by atoms with Crippen molar-refractivity contribution >= 4 is 12.0 Å². The molecule has 0 unspecified atom stereocenters. The number of carbonyl (C=O) groups is 1. The third-order valence-corrected chi connectivity index (χ3v) is 1.74. The van der Waals surface area contributed by atoms with Crippen LogP contribution in [0.2, 0.25) is 0 Å². The van der Waals surface area contributed by atoms with E-state index in [1.54, 1.807) is 6.21 Å². The summed E-state index contributed by atoms with van der Waals surface area (Å²) in [5, 5.41) is 0. The molecule has 0 N–H and O–H groups in total. The number of hydrogen-bond acceptors (Lipinski definition) is 2. The predicted octanol–water partition coefficient (Wildman–Crippen LogP) is 1.61. The summed E-state index contributed by atoms with van der Waals surface area (Å²) in [4.78, 5) is 15.2. The third kappa shape index (κ3) is 2.30. The van der Waals surface area contributed by atoms with Crippen molar-refractivity contribution in [1.29, 1.82) is 0 Å². The summed E-state index contributed by atoms with van der Waals surface area (Å²) < 4.78 is 0. The fraction of sp³-hybridized carbons (Fsp3) is 0.556. The van der Waals surface area contributed by atoms with E-state index in [4.69, 9.17) is 0 Å². The minimum atomic E-state index is 0.143. The van der Waals surface area contributed by atoms with Gasteiger partial charge in [-0.15, -0.1) is 0 Å². The topological polar surface area (TPSA) is 29.4 Å². The summed E-state index contributed by atoms with van der Waals surface area (Å²) in [6.45, 7) is 4.60. The lowest BCUT2D eigenvalue weighted by Crippen LogP contribution is -2.07. The molecule has 0 aromatic carbocycles. The Hall–Kier alpha value is -0.920. The number of allylic oxidation sites excluding steroid dienone is 1. The first kappa shape index (κ1) is 8.18. The van der Waals surface area contributed by atoms with Crippen LogP contribution in [0.15, 0.2) is 16.6 Å². The molecule has 1 heterocycles. The molecule has 0 atom stereocenters. The Balaban J connectivity index is 2.42. The lowest BCUT2D eigenvalue weighted by atomic mass is 10.0. The number of carbonyl (C=O) groups excluding carboxylic acids is 1. The maximum atomic E-state index is 11.2. The number of nitrogens with zero attached hydrogens (tertiary/aromatic N) is 1. The zero-order valence-electron chi connectivity index (χ0n) is 7.00. The fourth-order valence-electron chi connectivity index (χ4n) is 0.916. The van der Waals surface area contributed by atoms with Crippen molar-refractivity contribution in [2.45, 2.75) is 20.3 Å². The van der Waals surface area contributed by atoms with Crippen LogP contribution in [0.5, 0.6) is 0 Å². The molecule has 0 aromatic rings. The molecular weight excluding hydrogens is 138 g/mol. The van der Waals surface area contributed by atoms with Gasteiger partial charge in [0, 0.05) is 18.6 Å². The Labute approximate surface area is 67.0 Å². The molecule has 60 valence electrons. The largest absolute Gasteiger partial charge is 0.299 e. The molecule has 0 radical (unpaired) electrons. The summed E-state index contributed by atoms with van der Waals surface area (Å²) >= 11 is 0. The van der Waals surface area contributed by atoms with E-state index < -0.39 is 0 Å². The summed E-state index contributed by atoms with van der Waals surface area (Å²) in [6.07, 6.45) is 4.35. The van der Waals surface area contributed by atoms with Crippen LogP contribution in [0.25, 0.3) is 0 Å². The normalized spacial score (nSPS) is 15.7. The Morgan fingerprint density at radius 2 is 2.45 bits per heavy atom. The Bertz CT molecular complexity index is 214. The molecule has 11 heavy (non-hydrogen) atoms. The maximum absolute atomic E-state index is 11.2. The first-order chi connectivity index (χ1) is 5.20. The molecule has 1 aliphatic rings. The van der Waals surface area contributed by atoms with Gasteiger partial charge in [-0.1, -0.05) is 19.9 Å². The van der Waals surface area contributed by atoms with Crippen LogP contribution in [0.3, 0.4) is 0 Å². The van der Waals surface area contributed by atoms with Crippen molar-refractivity contribution in [3.63, 3.8) is 0 Å². The van der Waals surface area contributed by atoms with Crippen molar-refractivity contribution in [2.24, 2.45) is 10.9 Å². The molecule has 0 aromatic heterocycles. The van der Waals surface area contributed by atoms with Crippen LogP contribution in [0, 0.1) is 5.92 Å². The second kappa shape index (κ2) is 3.46. The first-order valence-electron chi connectivity index (χ1n) is 3.91. The SMILES string of the molecule is CC(C)C(=O)CC1=CCN=C1. The van der Waals surface area contributed by atoms with Crippen molar-refractivity contribution < 1.29 is 4.79 Å². The highest BCUT2D eigenvalue weighted by Crippen LogP contribution is 2.08. The van der Waals surface area contributed by atoms with E-state index in [1.807, 2.05) is 19.9 Å². The zero-order valence-corrected chi connectivity index (χ0v) is 7.00. The molecule has 1 rings (SSSR count). The number of Topliss-reactive ketones (excluding diaryl/α,β-unsaturated/α-hetero) is 1. The molecule has 2 heteroatoms. The van der Waals surface area contributed by atoms with Gasteiger partial charge in [0.05, 0.1) is 6.54 Å². The van der Waals surface area contributed by atoms with E-state index in [2.05, 4.69) is 4.99 Å². The molecule has 0 bridgehead atoms. The van der Waals surface area contributed by atoms with Gasteiger partial charge < -0.3 is 0 Å². The number of ketones is 1. The quantitative estimate of drug-likeness (QED) is 0.602. The smallest absolute Gasteiger partial charge is 0.139 e. The number of rotatable bonds is 3. The highest BCUT2D eigenvalue weighted by molar-refractivity contribution is 5.92. The van der Waals surface area contributed by atoms with Crippen molar-refractivity contribution in [3.05, 3.63) is 11.6 Å². The lowest BCUT2D eigenvalue weighted by molar-refractivity contribution is -0.121. The molecule has 0 aliphatic carbocycles. The van der Waals surface area contributed by atoms with Crippen LogP contribution >= 0.6 is 0 Å². The zero-order chi connectivity index (χ0) is 8.27. The molecule has 1 aliphatic heterocycles. The van der Waals surface area contributed by atoms with Crippen LogP contribution in [-0.2, 0) is 4.79 Å². The highest BCUT2D eigenvalue weighted by atomic mass is 16.1. The monoisotopic (exact) mass is 151 g/mol. The Morgan fingerprint density at radius 1 is 1.73 bits per heavy atom. The van der Waals surface area contributed by atoms with Crippen molar-refractivity contribution in [2.75, 3.05) is 6.54 Å². The minimum Gasteiger partial charge on any atom is -0.299 e. The van der Waals surface area contributed by atoms with E-state index in [-0.39, 0.29) is 5.92 Å². The number of hydrogen-bond donors (Lipinski definition) is 0. The molecule has 0 saturated heterocycles. The van der Waals surface area contributed by atoms with Gasteiger partial charge in [-0.2, -0.15) is 0 Å². The van der Waals surface area contributed by atoms with Crippen molar-refractivity contribution in [3.8, 4) is 0 Å². The average molecular weight is 151 g/mol. The second-order valence-corrected chi connectivity index (χ2v) is 3.07. The van der Waals surface area contributed by atoms with Gasteiger partial charge in [0.2, 0.25) is 0 Å². The molecule has 0 spiro atoms. The predicted molar refractivity (Wildman–Crippen MR) is 45.9 cm³/mol. The van der Waals surface area contributed by atoms with Gasteiger partial charge in [-0.3, -0.25) is 9.79 Å². The molecule has 0 amide bonds. The fourth-order valence-corrected chi connectivity index (χ4v) is 0.916. The van der Waals surface area contributed by atoms with E-state index in [9.17, 15) is 4.79 Å². The summed E-state index contributed by atoms with van der Waals surface area (Å²) in [7, 11) is 0. The standard InChI is InChI=1S/C9H13NO/c1-7(2)9(11)5-8-3-4-10-6-8/h3,6-7H,4-5H2,1-2H3. The van der Waals surface area contributed by atoms with Gasteiger partial charge >= 0.3 is 0 Å². The third-order valence-electron chi connectivity index (χ3n) is 1.74. The molecule has 2 nitrogen and oxygen atoms in total. The summed E-state index contributed by atoms with van der Waals surface area (Å²) in [5.74, 6) is 0.439. The first-order valence-corrected chi connectivity index (χ1v) is 3.91. The Morgan fingerprint density at radius 3 is 2.91 bits per heavy atom. The summed E-state index contributed by atoms with van der Waals surface area (Å²) in [6, 6.07) is 0. The Kier molecular flexibility index (Phi) is 2.58. The average Bonchev–Trinajstić information content (AvgIpc) is 2.39. The minimum absolute atomic E-state index is 0.143. The molecule has 0 saturated carbocycles. The number of aliphatic imine (C=N–C) groups is 1. The maximum Gasteiger partial charge on any atom is 0.139 e. The highest BCUT2D eigenvalue weighted by Gasteiger charge is 2.09. The summed E-state index contributed by atoms with van der Waals surface area (Å²) in [5.41, 5.74) is 1.07. The van der Waals surface area contributed by atoms with E-state index >= 15 is 0 Å². The van der Waals surface area contributed by atoms with Crippen LogP contribution < -0.4 is 0 Å². The van der Waals surface area contributed by atoms with Crippen LogP contribution in [0.4, 0.5) is 0 Å². The van der Waals surface area contributed by atoms with Gasteiger partial charge in [-0.25, -0.2) is 0 Å². The van der Waals surface area contributed by atoms with E-state index in [0.717, 1.165) is 12.1 Å². The van der Waals surface area contributed by atoms with Gasteiger partial charge in [-0.05, 0) is 5.57 Å². The van der Waals surface area contributed by atoms with E-state index in [1.165, 1.54) is 0 Å². The molecule has 0 fully saturated rings. The van der Waals surface area contributed by atoms with Crippen LogP contribution in [0.1, 0.15) is 20.3 Å². The lowest BCUT2D eigenvalue weighted by Gasteiger charge is -2.01. The van der Waals surface area contributed by atoms with E-state index in [0.29, 0.717) is 12.2 Å². The van der Waals surface area contributed by atoms with Gasteiger partial charge in [0.25, 0.3) is 0 Å². The molecular formula is C9H13NO. The van der Waals surface area contributed by atoms with Gasteiger partial charge in [0.15, 0.2) is 0 Å². The van der Waals surface area contributed by atoms with Crippen LogP contribution in [-0.4, -0.2) is 18.5 Å². The van der Waals surface area contributed by atoms with Gasteiger partial charge in [0.1, 0.15) is 5.78 Å². The van der Waals surface area contributed by atoms with Crippen molar-refractivity contribution in [1.82, 2.24) is 0 Å². The second-order valence-electron chi connectivity index (χ2n) is 3.07.